The number of aldehydes is 1. The number of Topliss-reactive ketones (excluding diaryl/α,β-unsaturated/α-hetero) is 1. The zero-order valence-corrected chi connectivity index (χ0v) is 9.40. The van der Waals surface area contributed by atoms with Crippen molar-refractivity contribution in [3.63, 3.8) is 0 Å². The van der Waals surface area contributed by atoms with Crippen molar-refractivity contribution in [1.82, 2.24) is 0 Å². The van der Waals surface area contributed by atoms with Crippen LogP contribution in [0, 0.1) is 0 Å². The Balaban J connectivity index is 3.84. The lowest BCUT2D eigenvalue weighted by Gasteiger charge is -1.95. The summed E-state index contributed by atoms with van der Waals surface area (Å²) in [5.74, 6) is 0.118. The highest BCUT2D eigenvalue weighted by Crippen LogP contribution is 2.03. The van der Waals surface area contributed by atoms with E-state index in [9.17, 15) is 9.59 Å². The fourth-order valence-electron chi connectivity index (χ4n) is 1.08. The van der Waals surface area contributed by atoms with Crippen LogP contribution in [-0.4, -0.2) is 12.1 Å². The van der Waals surface area contributed by atoms with Gasteiger partial charge in [0, 0.05) is 6.42 Å². The molecule has 0 spiro atoms. The van der Waals surface area contributed by atoms with Crippen LogP contribution in [0.4, 0.5) is 0 Å². The second kappa shape index (κ2) is 9.13. The number of hydrogen-bond acceptors (Lipinski definition) is 2. The summed E-state index contributed by atoms with van der Waals surface area (Å²) in [7, 11) is 0. The lowest BCUT2D eigenvalue weighted by atomic mass is 10.1. The molecule has 0 unspecified atom stereocenters. The molecule has 0 aliphatic heterocycles. The van der Waals surface area contributed by atoms with Gasteiger partial charge in [-0.3, -0.25) is 4.79 Å². The van der Waals surface area contributed by atoms with Crippen LogP contribution < -0.4 is 0 Å². The Morgan fingerprint density at radius 2 is 1.80 bits per heavy atom. The molecule has 15 heavy (non-hydrogen) atoms. The fraction of sp³-hybridized carbons (Fsp3) is 0.385. The van der Waals surface area contributed by atoms with Crippen molar-refractivity contribution < 1.29 is 9.59 Å². The lowest BCUT2D eigenvalue weighted by Crippen LogP contribution is -1.93. The van der Waals surface area contributed by atoms with Crippen molar-refractivity contribution in [3.8, 4) is 0 Å². The van der Waals surface area contributed by atoms with Gasteiger partial charge in [0.25, 0.3) is 0 Å². The molecule has 0 aromatic heterocycles. The van der Waals surface area contributed by atoms with Gasteiger partial charge in [-0.25, -0.2) is 0 Å². The molecule has 0 saturated carbocycles. The van der Waals surface area contributed by atoms with E-state index in [1.807, 2.05) is 37.3 Å². The number of hydrogen-bond donors (Lipinski definition) is 0. The summed E-state index contributed by atoms with van der Waals surface area (Å²) in [5.41, 5.74) is 0.826. The first-order valence-corrected chi connectivity index (χ1v) is 5.13. The Labute approximate surface area is 91.4 Å². The molecule has 0 fully saturated rings. The average Bonchev–Trinajstić information content (AvgIpc) is 2.21. The number of allylic oxidation sites excluding steroid dienone is 6. The topological polar surface area (TPSA) is 34.1 Å². The summed E-state index contributed by atoms with van der Waals surface area (Å²) in [4.78, 5) is 21.0. The Hall–Kier alpha value is -1.44. The minimum Gasteiger partial charge on any atom is -0.303 e. The van der Waals surface area contributed by atoms with Crippen LogP contribution in [0.5, 0.6) is 0 Å². The average molecular weight is 206 g/mol. The number of rotatable bonds is 7. The summed E-state index contributed by atoms with van der Waals surface area (Å²) in [6.45, 7) is 3.44. The van der Waals surface area contributed by atoms with Gasteiger partial charge in [0.1, 0.15) is 6.29 Å². The maximum absolute atomic E-state index is 11.0. The highest BCUT2D eigenvalue weighted by atomic mass is 16.1. The first-order valence-electron chi connectivity index (χ1n) is 5.13. The zero-order valence-electron chi connectivity index (χ0n) is 9.40. The van der Waals surface area contributed by atoms with Crippen molar-refractivity contribution in [2.75, 3.05) is 0 Å². The van der Waals surface area contributed by atoms with Gasteiger partial charge in [0.15, 0.2) is 5.78 Å². The summed E-state index contributed by atoms with van der Waals surface area (Å²) in [6, 6.07) is 0. The van der Waals surface area contributed by atoms with E-state index in [0.717, 1.165) is 18.3 Å². The Kier molecular flexibility index (Phi) is 8.25. The third kappa shape index (κ3) is 7.62. The molecule has 82 valence electrons. The normalized spacial score (nSPS) is 12.5. The number of ketones is 1. The molecule has 0 bridgehead atoms. The minimum atomic E-state index is 0.118. The lowest BCUT2D eigenvalue weighted by molar-refractivity contribution is -0.113. The quantitative estimate of drug-likeness (QED) is 0.278. The molecule has 0 heterocycles. The van der Waals surface area contributed by atoms with E-state index >= 15 is 0 Å². The van der Waals surface area contributed by atoms with E-state index in [2.05, 4.69) is 0 Å². The molecule has 0 amide bonds. The Morgan fingerprint density at radius 3 is 2.33 bits per heavy atom. The molecule has 0 N–H and O–H groups in total. The van der Waals surface area contributed by atoms with Gasteiger partial charge < -0.3 is 4.79 Å². The number of carbonyl (C=O) groups is 2. The van der Waals surface area contributed by atoms with Crippen LogP contribution in [0.25, 0.3) is 0 Å². The van der Waals surface area contributed by atoms with Gasteiger partial charge in [0.2, 0.25) is 0 Å². The first-order chi connectivity index (χ1) is 7.22. The summed E-state index contributed by atoms with van der Waals surface area (Å²) in [5, 5.41) is 0. The molecule has 0 radical (unpaired) electrons. The third-order valence-corrected chi connectivity index (χ3v) is 1.97. The largest absolute Gasteiger partial charge is 0.303 e. The van der Waals surface area contributed by atoms with Crippen LogP contribution in [-0.2, 0) is 9.59 Å². The van der Waals surface area contributed by atoms with Crippen LogP contribution in [0.1, 0.15) is 33.1 Å². The number of unbranched alkanes of at least 4 members (excludes halogenated alkanes) is 1. The van der Waals surface area contributed by atoms with Crippen LogP contribution in [0.2, 0.25) is 0 Å². The predicted molar refractivity (Wildman–Crippen MR) is 62.6 cm³/mol. The smallest absolute Gasteiger partial charge is 0.155 e. The first kappa shape index (κ1) is 13.6. The van der Waals surface area contributed by atoms with E-state index in [1.54, 1.807) is 6.92 Å². The molecular formula is C13H18O2. The van der Waals surface area contributed by atoms with E-state index < -0.39 is 0 Å². The van der Waals surface area contributed by atoms with Gasteiger partial charge in [-0.2, -0.15) is 0 Å². The van der Waals surface area contributed by atoms with Gasteiger partial charge in [-0.05, 0) is 32.3 Å². The maximum Gasteiger partial charge on any atom is 0.155 e. The summed E-state index contributed by atoms with van der Waals surface area (Å²) in [6.07, 6.45) is 12.4. The molecular weight excluding hydrogens is 188 g/mol. The van der Waals surface area contributed by atoms with Gasteiger partial charge in [0.05, 0.1) is 0 Å². The van der Waals surface area contributed by atoms with Crippen molar-refractivity contribution in [2.45, 2.75) is 33.1 Å². The van der Waals surface area contributed by atoms with Crippen LogP contribution in [0.15, 0.2) is 36.0 Å². The highest BCUT2D eigenvalue weighted by Gasteiger charge is 1.97. The highest BCUT2D eigenvalue weighted by molar-refractivity contribution is 5.93. The molecule has 0 saturated heterocycles. The second-order valence-corrected chi connectivity index (χ2v) is 3.17. The van der Waals surface area contributed by atoms with Gasteiger partial charge in [-0.15, -0.1) is 0 Å². The Bertz CT molecular complexity index is 283. The van der Waals surface area contributed by atoms with E-state index in [-0.39, 0.29) is 5.78 Å². The minimum absolute atomic E-state index is 0.118. The summed E-state index contributed by atoms with van der Waals surface area (Å²) < 4.78 is 0. The van der Waals surface area contributed by atoms with Crippen molar-refractivity contribution in [1.29, 1.82) is 0 Å². The fourth-order valence-corrected chi connectivity index (χ4v) is 1.08. The van der Waals surface area contributed by atoms with Crippen molar-refractivity contribution in [3.05, 3.63) is 36.0 Å². The van der Waals surface area contributed by atoms with Crippen molar-refractivity contribution in [2.24, 2.45) is 0 Å². The van der Waals surface area contributed by atoms with Crippen molar-refractivity contribution >= 4 is 12.1 Å². The molecule has 0 aromatic rings. The molecule has 2 heteroatoms. The van der Waals surface area contributed by atoms with E-state index in [1.165, 1.54) is 0 Å². The monoisotopic (exact) mass is 206 g/mol. The molecule has 0 aliphatic carbocycles. The van der Waals surface area contributed by atoms with E-state index in [0.29, 0.717) is 12.8 Å². The molecule has 0 aliphatic rings. The predicted octanol–water partition coefficient (Wildman–Crippen LogP) is 3.00. The van der Waals surface area contributed by atoms with Gasteiger partial charge >= 0.3 is 0 Å². The van der Waals surface area contributed by atoms with Crippen LogP contribution in [0.3, 0.4) is 0 Å². The van der Waals surface area contributed by atoms with E-state index in [4.69, 9.17) is 0 Å². The third-order valence-electron chi connectivity index (χ3n) is 1.97. The molecule has 0 aromatic carbocycles. The molecule has 0 atom stereocenters. The SMILES string of the molecule is C/C=C(\C/C=C\C=C/CCC=O)C(C)=O. The van der Waals surface area contributed by atoms with Crippen LogP contribution >= 0.6 is 0 Å². The standard InChI is InChI=1S/C13H18O2/c1-3-13(12(2)15)10-8-6-4-5-7-9-11-14/h3-6,8,11H,7,9-10H2,1-2H3/b5-4-,8-6-,13-3+. The van der Waals surface area contributed by atoms with Gasteiger partial charge in [-0.1, -0.05) is 30.4 Å². The summed E-state index contributed by atoms with van der Waals surface area (Å²) >= 11 is 0. The second-order valence-electron chi connectivity index (χ2n) is 3.17. The Morgan fingerprint density at radius 1 is 1.13 bits per heavy atom. The molecule has 0 rings (SSSR count). The zero-order chi connectivity index (χ0) is 11.5. The maximum atomic E-state index is 11.0. The number of carbonyl (C=O) groups excluding carboxylic acids is 2. The molecule has 2 nitrogen and oxygen atoms in total.